The fraction of sp³-hybridized carbons (Fsp3) is 0.450. The van der Waals surface area contributed by atoms with E-state index >= 15 is 0 Å². The van der Waals surface area contributed by atoms with E-state index in [0.29, 0.717) is 0 Å². The molecule has 2 atom stereocenters. The number of piperidine rings is 1. The van der Waals surface area contributed by atoms with Gasteiger partial charge in [0.25, 0.3) is 0 Å². The van der Waals surface area contributed by atoms with Crippen LogP contribution in [0.2, 0.25) is 0 Å². The van der Waals surface area contributed by atoms with Gasteiger partial charge >= 0.3 is 6.03 Å². The zero-order chi connectivity index (χ0) is 18.5. The first-order valence-corrected chi connectivity index (χ1v) is 9.17. The number of amides is 2. The molecular formula is C20H29N5O. The lowest BCUT2D eigenvalue weighted by Crippen LogP contribution is -2.51. The minimum atomic E-state index is -0.0379. The zero-order valence-corrected chi connectivity index (χ0v) is 15.7. The molecule has 0 spiro atoms. The zero-order valence-electron chi connectivity index (χ0n) is 15.7. The van der Waals surface area contributed by atoms with Crippen molar-refractivity contribution in [2.45, 2.75) is 38.8 Å². The maximum Gasteiger partial charge on any atom is 0.317 e. The molecule has 2 heterocycles. The minimum absolute atomic E-state index is 0. The summed E-state index contributed by atoms with van der Waals surface area (Å²) in [7, 11) is 1.88. The molecule has 6 heteroatoms. The van der Waals surface area contributed by atoms with Gasteiger partial charge in [-0.3, -0.25) is 0 Å². The number of carbonyl (C=O) groups excluding carboxylic acids is 1. The molecule has 1 aromatic heterocycles. The van der Waals surface area contributed by atoms with Crippen molar-refractivity contribution in [2.24, 2.45) is 0 Å². The average molecular weight is 355 g/mol. The number of nitrogens with zero attached hydrogens (tertiary/aromatic N) is 4. The molecule has 140 valence electrons. The predicted molar refractivity (Wildman–Crippen MR) is 105 cm³/mol. The molecule has 1 N–H and O–H groups in total. The molecule has 0 unspecified atom stereocenters. The van der Waals surface area contributed by atoms with Gasteiger partial charge in [0.2, 0.25) is 0 Å². The van der Waals surface area contributed by atoms with Crippen LogP contribution in [0.1, 0.15) is 38.4 Å². The quantitative estimate of drug-likeness (QED) is 0.913. The fourth-order valence-corrected chi connectivity index (χ4v) is 3.33. The molecule has 6 nitrogen and oxygen atoms in total. The predicted octanol–water partition coefficient (Wildman–Crippen LogP) is 3.40. The van der Waals surface area contributed by atoms with Crippen LogP contribution < -0.4 is 10.2 Å². The Kier molecular flexibility index (Phi) is 5.71. The van der Waals surface area contributed by atoms with Crippen molar-refractivity contribution in [1.29, 1.82) is 0 Å². The van der Waals surface area contributed by atoms with Crippen LogP contribution in [0.25, 0.3) is 0 Å². The smallest absolute Gasteiger partial charge is 0.317 e. The first-order valence-electron chi connectivity index (χ1n) is 9.17. The van der Waals surface area contributed by atoms with E-state index in [1.807, 2.05) is 31.0 Å². The van der Waals surface area contributed by atoms with Gasteiger partial charge in [-0.15, -0.1) is 5.10 Å². The first kappa shape index (κ1) is 18.2. The Bertz CT molecular complexity index is 725. The number of aromatic nitrogens is 2. The van der Waals surface area contributed by atoms with Crippen molar-refractivity contribution in [3.63, 3.8) is 0 Å². The van der Waals surface area contributed by atoms with Crippen LogP contribution in [0.15, 0.2) is 42.6 Å². The average Bonchev–Trinajstić information content (AvgIpc) is 2.68. The molecular weight excluding hydrogens is 326 g/mol. The van der Waals surface area contributed by atoms with Gasteiger partial charge in [-0.05, 0) is 44.4 Å². The summed E-state index contributed by atoms with van der Waals surface area (Å²) in [5.74, 6) is 0.874. The van der Waals surface area contributed by atoms with Gasteiger partial charge in [-0.2, -0.15) is 5.10 Å². The highest BCUT2D eigenvalue weighted by Gasteiger charge is 2.27. The van der Waals surface area contributed by atoms with E-state index in [0.717, 1.165) is 37.3 Å². The third-order valence-corrected chi connectivity index (χ3v) is 5.06. The molecule has 0 bridgehead atoms. The highest BCUT2D eigenvalue weighted by atomic mass is 16.2. The normalized spacial score (nSPS) is 18.3. The van der Waals surface area contributed by atoms with Gasteiger partial charge in [0, 0.05) is 27.8 Å². The number of hydrogen-bond acceptors (Lipinski definition) is 4. The monoisotopic (exact) mass is 355 g/mol. The van der Waals surface area contributed by atoms with Crippen LogP contribution in [-0.2, 0) is 0 Å². The molecule has 3 rings (SSSR count). The molecule has 1 aliphatic rings. The lowest BCUT2D eigenvalue weighted by Gasteiger charge is -2.38. The number of nitrogens with one attached hydrogen (secondary N) is 1. The number of benzene rings is 1. The third kappa shape index (κ3) is 4.31. The van der Waals surface area contributed by atoms with E-state index in [1.54, 1.807) is 6.20 Å². The Labute approximate surface area is 156 Å². The Morgan fingerprint density at radius 3 is 2.81 bits per heavy atom. The van der Waals surface area contributed by atoms with Gasteiger partial charge in [0.15, 0.2) is 5.82 Å². The van der Waals surface area contributed by atoms with Gasteiger partial charge in [-0.1, -0.05) is 29.8 Å². The van der Waals surface area contributed by atoms with E-state index in [4.69, 9.17) is 0 Å². The Morgan fingerprint density at radius 1 is 1.35 bits per heavy atom. The molecule has 1 fully saturated rings. The first-order chi connectivity index (χ1) is 12.5. The number of rotatable bonds is 4. The van der Waals surface area contributed by atoms with E-state index in [9.17, 15) is 4.79 Å². The van der Waals surface area contributed by atoms with Crippen LogP contribution in [0, 0.1) is 6.92 Å². The summed E-state index contributed by atoms with van der Waals surface area (Å²) in [5.41, 5.74) is 2.33. The van der Waals surface area contributed by atoms with E-state index in [1.165, 1.54) is 5.56 Å². The fourth-order valence-electron chi connectivity index (χ4n) is 3.33. The molecule has 1 saturated heterocycles. The van der Waals surface area contributed by atoms with Crippen molar-refractivity contribution in [3.05, 3.63) is 53.7 Å². The van der Waals surface area contributed by atoms with Crippen molar-refractivity contribution < 1.29 is 6.22 Å². The number of anilines is 1. The summed E-state index contributed by atoms with van der Waals surface area (Å²) in [6.07, 6.45) is 3.71. The second-order valence-electron chi connectivity index (χ2n) is 7.02. The summed E-state index contributed by atoms with van der Waals surface area (Å²) in [6, 6.07) is 12.2. The van der Waals surface area contributed by atoms with Crippen molar-refractivity contribution in [1.82, 2.24) is 20.4 Å². The van der Waals surface area contributed by atoms with Crippen LogP contribution in [0.5, 0.6) is 0 Å². The Balaban J connectivity index is 0.00000261. The number of hydrogen-bond donors (Lipinski definition) is 1. The molecule has 1 aromatic carbocycles. The molecule has 0 radical (unpaired) electrons. The molecule has 0 saturated carbocycles. The van der Waals surface area contributed by atoms with Crippen molar-refractivity contribution >= 4 is 11.8 Å². The van der Waals surface area contributed by atoms with Crippen LogP contribution >= 0.6 is 0 Å². The standard InChI is InChI=1S/C20H27N5O.H2/c1-15-8-10-17(11-9-15)16(2)22-20(26)24(3)18-6-5-13-25(14-18)19-7-4-12-21-23-19;/h4,7-12,16,18H,5-6,13-14H2,1-3H3,(H,22,26);1H/t16-,18+;/m0./s1. The summed E-state index contributed by atoms with van der Waals surface area (Å²) < 4.78 is 0. The summed E-state index contributed by atoms with van der Waals surface area (Å²) in [5, 5.41) is 11.3. The lowest BCUT2D eigenvalue weighted by atomic mass is 10.0. The van der Waals surface area contributed by atoms with Crippen LogP contribution in [-0.4, -0.2) is 47.3 Å². The highest BCUT2D eigenvalue weighted by Crippen LogP contribution is 2.20. The van der Waals surface area contributed by atoms with Gasteiger partial charge in [0.05, 0.1) is 12.1 Å². The molecule has 26 heavy (non-hydrogen) atoms. The van der Waals surface area contributed by atoms with Gasteiger partial charge in [0.1, 0.15) is 0 Å². The maximum atomic E-state index is 12.7. The summed E-state index contributed by atoms with van der Waals surface area (Å²) >= 11 is 0. The second kappa shape index (κ2) is 8.17. The molecule has 0 aliphatic carbocycles. The van der Waals surface area contributed by atoms with E-state index in [2.05, 4.69) is 51.6 Å². The minimum Gasteiger partial charge on any atom is -0.353 e. The number of aryl methyl sites for hydroxylation is 1. The number of urea groups is 1. The molecule has 2 amide bonds. The van der Waals surface area contributed by atoms with Gasteiger partial charge < -0.3 is 15.1 Å². The van der Waals surface area contributed by atoms with Crippen molar-refractivity contribution in [2.75, 3.05) is 25.0 Å². The number of likely N-dealkylation sites (N-methyl/N-ethyl adjacent to an activating group) is 1. The molecule has 1 aliphatic heterocycles. The number of carbonyl (C=O) groups is 1. The van der Waals surface area contributed by atoms with Crippen LogP contribution in [0.4, 0.5) is 10.6 Å². The lowest BCUT2D eigenvalue weighted by molar-refractivity contribution is 0.179. The molecule has 2 aromatic rings. The maximum absolute atomic E-state index is 12.7. The van der Waals surface area contributed by atoms with E-state index in [-0.39, 0.29) is 19.5 Å². The largest absolute Gasteiger partial charge is 0.353 e. The summed E-state index contributed by atoms with van der Waals surface area (Å²) in [6.45, 7) is 5.81. The Hall–Kier alpha value is -2.63. The van der Waals surface area contributed by atoms with Gasteiger partial charge in [-0.25, -0.2) is 4.79 Å². The Morgan fingerprint density at radius 2 is 2.12 bits per heavy atom. The SMILES string of the molecule is Cc1ccc([C@H](C)NC(=O)N(C)[C@@H]2CCCN(c3cccnn3)C2)cc1.[HH]. The third-order valence-electron chi connectivity index (χ3n) is 5.06. The second-order valence-corrected chi connectivity index (χ2v) is 7.02. The van der Waals surface area contributed by atoms with E-state index < -0.39 is 0 Å². The summed E-state index contributed by atoms with van der Waals surface area (Å²) in [4.78, 5) is 16.7. The van der Waals surface area contributed by atoms with Crippen molar-refractivity contribution in [3.8, 4) is 0 Å². The highest BCUT2D eigenvalue weighted by molar-refractivity contribution is 5.75. The topological polar surface area (TPSA) is 61.4 Å². The van der Waals surface area contributed by atoms with Crippen LogP contribution in [0.3, 0.4) is 0 Å².